The monoisotopic (exact) mass is 988 g/mol. The maximum atomic E-state index is 9.75. The summed E-state index contributed by atoms with van der Waals surface area (Å²) in [6.45, 7) is 2.15. The summed E-state index contributed by atoms with van der Waals surface area (Å²) in [6.07, 6.45) is 1.10. The average Bonchev–Trinajstić information content (AvgIpc) is 3.18. The quantitative estimate of drug-likeness (QED) is 0.0848. The normalized spacial score (nSPS) is 10.3. The molecule has 0 aliphatic heterocycles. The van der Waals surface area contributed by atoms with Gasteiger partial charge in [0.25, 0.3) is 0 Å². The van der Waals surface area contributed by atoms with E-state index >= 15 is 0 Å². The molecule has 0 unspecified atom stereocenters. The van der Waals surface area contributed by atoms with Gasteiger partial charge in [-0.25, -0.2) is 0 Å². The van der Waals surface area contributed by atoms with Crippen molar-refractivity contribution in [3.8, 4) is 0 Å². The number of aryl methyl sites for hydroxylation is 1. The smallest absolute Gasteiger partial charge is 0.418 e. The van der Waals surface area contributed by atoms with Crippen molar-refractivity contribution < 1.29 is 37.4 Å². The van der Waals surface area contributed by atoms with Gasteiger partial charge in [-0.2, -0.15) is 0 Å². The maximum absolute atomic E-state index is 9.75. The first-order valence-electron chi connectivity index (χ1n) is 16.8. The zero-order chi connectivity index (χ0) is 37.0. The van der Waals surface area contributed by atoms with Crippen molar-refractivity contribution in [1.29, 1.82) is 0 Å². The van der Waals surface area contributed by atoms with Gasteiger partial charge in [-0.05, 0) is 65.7 Å². The van der Waals surface area contributed by atoms with Crippen molar-refractivity contribution in [3.05, 3.63) is 216 Å². The average molecular weight is 989 g/mol. The predicted octanol–water partition coefficient (Wildman–Crippen LogP) is 11.2. The molecule has 53 heavy (non-hydrogen) atoms. The minimum Gasteiger partial charge on any atom is -0.418 e. The van der Waals surface area contributed by atoms with E-state index in [9.17, 15) is 17.3 Å². The van der Waals surface area contributed by atoms with Gasteiger partial charge in [0.1, 0.15) is 0 Å². The summed E-state index contributed by atoms with van der Waals surface area (Å²) in [5.74, 6) is 0. The van der Waals surface area contributed by atoms with E-state index in [4.69, 9.17) is 0 Å². The molecule has 0 aliphatic rings. The van der Waals surface area contributed by atoms with Crippen molar-refractivity contribution in [1.82, 2.24) is 0 Å². The van der Waals surface area contributed by atoms with E-state index < -0.39 is 23.1 Å². The van der Waals surface area contributed by atoms with Crippen LogP contribution in [0.4, 0.5) is 17.3 Å². The molecular formula is C44H39BBrF4IrP2-. The van der Waals surface area contributed by atoms with Crippen LogP contribution < -0.4 is 31.8 Å². The van der Waals surface area contributed by atoms with Crippen LogP contribution in [0.5, 0.6) is 0 Å². The van der Waals surface area contributed by atoms with E-state index in [1.165, 1.54) is 41.9 Å². The summed E-state index contributed by atoms with van der Waals surface area (Å²) < 4.78 is 40.2. The molecule has 0 spiro atoms. The van der Waals surface area contributed by atoms with Crippen molar-refractivity contribution in [2.75, 3.05) is 0 Å². The molecule has 0 atom stereocenters. The Morgan fingerprint density at radius 3 is 0.736 bits per heavy atom. The minimum atomic E-state index is -6.00. The third-order valence-electron chi connectivity index (χ3n) is 7.43. The molecule has 0 saturated carbocycles. The van der Waals surface area contributed by atoms with Crippen LogP contribution in [0.2, 0.25) is 0 Å². The Morgan fingerprint density at radius 1 is 0.377 bits per heavy atom. The summed E-state index contributed by atoms with van der Waals surface area (Å²) in [6, 6.07) is 72.9. The van der Waals surface area contributed by atoms with Gasteiger partial charge < -0.3 is 17.3 Å². The second kappa shape index (κ2) is 23.9. The van der Waals surface area contributed by atoms with Crippen LogP contribution in [0, 0.1) is 0 Å². The Labute approximate surface area is 335 Å². The Bertz CT molecular complexity index is 1660. The van der Waals surface area contributed by atoms with Gasteiger partial charge in [0.2, 0.25) is 0 Å². The Kier molecular flexibility index (Phi) is 19.7. The Morgan fingerprint density at radius 2 is 0.566 bits per heavy atom. The molecule has 0 aromatic heterocycles. The molecular weight excluding hydrogens is 949 g/mol. The molecule has 7 rings (SSSR count). The topological polar surface area (TPSA) is 0 Å². The molecule has 0 fully saturated rings. The van der Waals surface area contributed by atoms with Crippen LogP contribution in [0.15, 0.2) is 211 Å². The third kappa shape index (κ3) is 15.7. The Balaban J connectivity index is 0.000000209. The van der Waals surface area contributed by atoms with Gasteiger partial charge in [0, 0.05) is 24.6 Å². The minimum absolute atomic E-state index is 0. The molecule has 0 aliphatic carbocycles. The van der Waals surface area contributed by atoms with Crippen molar-refractivity contribution in [2.45, 2.75) is 13.3 Å². The van der Waals surface area contributed by atoms with Gasteiger partial charge in [-0.1, -0.05) is 223 Å². The van der Waals surface area contributed by atoms with Crippen LogP contribution in [0.3, 0.4) is 0 Å². The summed E-state index contributed by atoms with van der Waals surface area (Å²) in [5.41, 5.74) is 1.37. The van der Waals surface area contributed by atoms with E-state index in [1.54, 1.807) is 0 Å². The SMILES string of the molecule is CCc1ccccc1Br.F[B-](F)(F)F.[Ir].c1ccc(P(c2ccccc2)c2ccccc2)cc1.c1ccc(P(c2ccccc2)c2ccccc2)cc1. The zero-order valence-electron chi connectivity index (χ0n) is 29.0. The molecule has 9 heteroatoms. The van der Waals surface area contributed by atoms with Gasteiger partial charge in [0.05, 0.1) is 0 Å². The van der Waals surface area contributed by atoms with Crippen LogP contribution in [0.1, 0.15) is 12.5 Å². The summed E-state index contributed by atoms with van der Waals surface area (Å²) in [4.78, 5) is 0. The number of halogens is 5. The van der Waals surface area contributed by atoms with Crippen molar-refractivity contribution in [3.63, 3.8) is 0 Å². The van der Waals surface area contributed by atoms with E-state index in [0.717, 1.165) is 6.42 Å². The van der Waals surface area contributed by atoms with Crippen molar-refractivity contribution in [2.24, 2.45) is 0 Å². The Hall–Kier alpha value is -3.69. The fraction of sp³-hybridized carbons (Fsp3) is 0.0455. The molecule has 1 radical (unpaired) electrons. The molecule has 7 aromatic carbocycles. The fourth-order valence-electron chi connectivity index (χ4n) is 5.14. The first-order chi connectivity index (χ1) is 25.2. The number of rotatable bonds is 7. The largest absolute Gasteiger partial charge is 0.673 e. The van der Waals surface area contributed by atoms with Crippen LogP contribution in [0.25, 0.3) is 0 Å². The molecule has 0 N–H and O–H groups in total. The van der Waals surface area contributed by atoms with Gasteiger partial charge in [0.15, 0.2) is 0 Å². The van der Waals surface area contributed by atoms with Gasteiger partial charge in [-0.3, -0.25) is 0 Å². The summed E-state index contributed by atoms with van der Waals surface area (Å²) in [5, 5.41) is 8.39. The van der Waals surface area contributed by atoms with Crippen molar-refractivity contribution >= 4 is 70.9 Å². The summed E-state index contributed by atoms with van der Waals surface area (Å²) >= 11 is 3.46. The second-order valence-electron chi connectivity index (χ2n) is 11.1. The van der Waals surface area contributed by atoms with E-state index in [1.807, 2.05) is 6.07 Å². The standard InChI is InChI=1S/2C18H15P.C8H9Br.BF4.Ir/c2*1-4-10-16(11-5-1)19(17-12-6-2-7-13-17)18-14-8-3-9-15-18;1-2-7-5-3-4-6-8(7)9;2-1(3,4)5;/h2*1-15H;3-6H,2H2,1H3;;/q;;;-1;. The fourth-order valence-corrected chi connectivity index (χ4v) is 10.3. The van der Waals surface area contributed by atoms with E-state index in [-0.39, 0.29) is 20.1 Å². The second-order valence-corrected chi connectivity index (χ2v) is 16.4. The summed E-state index contributed by atoms with van der Waals surface area (Å²) in [7, 11) is -6.89. The molecule has 0 bridgehead atoms. The van der Waals surface area contributed by atoms with Gasteiger partial charge >= 0.3 is 7.25 Å². The van der Waals surface area contributed by atoms with Gasteiger partial charge in [-0.15, -0.1) is 0 Å². The van der Waals surface area contributed by atoms with E-state index in [2.05, 4.69) is 223 Å². The molecule has 7 aromatic rings. The number of benzene rings is 7. The number of hydrogen-bond acceptors (Lipinski definition) is 0. The first kappa shape index (κ1) is 43.7. The van der Waals surface area contributed by atoms with Crippen LogP contribution >= 0.6 is 31.8 Å². The predicted molar refractivity (Wildman–Crippen MR) is 224 cm³/mol. The molecule has 0 amide bonds. The zero-order valence-corrected chi connectivity index (χ0v) is 34.8. The van der Waals surface area contributed by atoms with Crippen LogP contribution in [-0.4, -0.2) is 7.25 Å². The van der Waals surface area contributed by atoms with E-state index in [0.29, 0.717) is 0 Å². The first-order valence-corrected chi connectivity index (χ1v) is 20.2. The molecule has 273 valence electrons. The molecule has 0 heterocycles. The maximum Gasteiger partial charge on any atom is 0.673 e. The molecule has 0 saturated heterocycles. The number of hydrogen-bond donors (Lipinski definition) is 0. The third-order valence-corrected chi connectivity index (χ3v) is 13.1. The van der Waals surface area contributed by atoms with Crippen LogP contribution in [-0.2, 0) is 26.5 Å². The molecule has 0 nitrogen and oxygen atoms in total.